The van der Waals surface area contributed by atoms with Gasteiger partial charge in [0.25, 0.3) is 5.91 Å². The minimum absolute atomic E-state index is 0.0270. The highest BCUT2D eigenvalue weighted by atomic mass is 16.5. The van der Waals surface area contributed by atoms with Gasteiger partial charge in [0, 0.05) is 5.56 Å². The number of fused-ring (bicyclic) bond motifs is 1. The van der Waals surface area contributed by atoms with Crippen molar-refractivity contribution < 1.29 is 24.2 Å². The van der Waals surface area contributed by atoms with Crippen molar-refractivity contribution >= 4 is 34.2 Å². The molecule has 42 heavy (non-hydrogen) atoms. The van der Waals surface area contributed by atoms with Crippen LogP contribution in [0, 0.1) is 5.92 Å². The molecule has 0 bridgehead atoms. The standard InChI is InChI=1S/C34H37N3O5/c1-3-22(2)31(35)33(39)36-28-18-16-27(32(38)37-29(34(40)41)17-14-23-9-5-4-6-10-23)20-30(28)42-21-24-13-15-25-11-7-8-12-26(25)19-24/h4-13,15-16,18-20,22,29,31H,3,14,17,21,35H2,1-2H3,(H,36,39)(H,37,38)(H,40,41)/t22-,29-,31-/m0/s1. The Bertz CT molecular complexity index is 1540. The van der Waals surface area contributed by atoms with Crippen LogP contribution in [0.15, 0.2) is 91.0 Å². The summed E-state index contributed by atoms with van der Waals surface area (Å²) in [6.45, 7) is 4.06. The van der Waals surface area contributed by atoms with Crippen molar-refractivity contribution in [3.8, 4) is 5.75 Å². The molecular formula is C34H37N3O5. The molecule has 218 valence electrons. The molecule has 0 saturated heterocycles. The summed E-state index contributed by atoms with van der Waals surface area (Å²) in [6, 6.07) is 26.3. The number of amides is 2. The van der Waals surface area contributed by atoms with Crippen molar-refractivity contribution in [2.24, 2.45) is 11.7 Å². The van der Waals surface area contributed by atoms with Crippen LogP contribution in [-0.4, -0.2) is 35.0 Å². The number of nitrogens with one attached hydrogen (secondary N) is 2. The second-order valence-electron chi connectivity index (χ2n) is 10.5. The summed E-state index contributed by atoms with van der Waals surface area (Å²) in [6.07, 6.45) is 1.48. The lowest BCUT2D eigenvalue weighted by Gasteiger charge is -2.20. The summed E-state index contributed by atoms with van der Waals surface area (Å²) < 4.78 is 6.14. The maximum atomic E-state index is 13.2. The zero-order valence-electron chi connectivity index (χ0n) is 23.9. The Hall–Kier alpha value is -4.69. The topological polar surface area (TPSA) is 131 Å². The molecule has 4 rings (SSSR count). The fourth-order valence-corrected chi connectivity index (χ4v) is 4.56. The van der Waals surface area contributed by atoms with Crippen LogP contribution >= 0.6 is 0 Å². The lowest BCUT2D eigenvalue weighted by molar-refractivity contribution is -0.139. The number of carbonyl (C=O) groups excluding carboxylic acids is 2. The van der Waals surface area contributed by atoms with E-state index in [-0.39, 0.29) is 36.2 Å². The normalized spacial score (nSPS) is 13.1. The first kappa shape index (κ1) is 30.3. The second-order valence-corrected chi connectivity index (χ2v) is 10.5. The number of carbonyl (C=O) groups is 3. The molecule has 0 heterocycles. The first-order chi connectivity index (χ1) is 20.2. The summed E-state index contributed by atoms with van der Waals surface area (Å²) in [4.78, 5) is 38.0. The summed E-state index contributed by atoms with van der Waals surface area (Å²) in [5.74, 6) is -1.78. The molecule has 4 aromatic rings. The van der Waals surface area contributed by atoms with Crippen LogP contribution in [0.2, 0.25) is 0 Å². The van der Waals surface area contributed by atoms with E-state index in [4.69, 9.17) is 10.5 Å². The van der Waals surface area contributed by atoms with Gasteiger partial charge in [0.2, 0.25) is 5.91 Å². The minimum atomic E-state index is -1.12. The maximum absolute atomic E-state index is 13.2. The number of hydrogen-bond donors (Lipinski definition) is 4. The first-order valence-electron chi connectivity index (χ1n) is 14.1. The molecule has 0 radical (unpaired) electrons. The fourth-order valence-electron chi connectivity index (χ4n) is 4.56. The molecule has 2 amide bonds. The smallest absolute Gasteiger partial charge is 0.326 e. The second kappa shape index (κ2) is 14.3. The van der Waals surface area contributed by atoms with Crippen LogP contribution in [0.4, 0.5) is 5.69 Å². The van der Waals surface area contributed by atoms with E-state index in [1.165, 1.54) is 12.1 Å². The predicted molar refractivity (Wildman–Crippen MR) is 164 cm³/mol. The van der Waals surface area contributed by atoms with Crippen LogP contribution < -0.4 is 21.1 Å². The minimum Gasteiger partial charge on any atom is -0.487 e. The summed E-state index contributed by atoms with van der Waals surface area (Å²) in [5.41, 5.74) is 8.61. The first-order valence-corrected chi connectivity index (χ1v) is 14.1. The molecule has 3 atom stereocenters. The number of ether oxygens (including phenoxy) is 1. The van der Waals surface area contributed by atoms with Crippen molar-refractivity contribution in [1.29, 1.82) is 0 Å². The lowest BCUT2D eigenvalue weighted by atomic mass is 9.99. The van der Waals surface area contributed by atoms with E-state index in [0.717, 1.165) is 28.3 Å². The van der Waals surface area contributed by atoms with E-state index in [1.807, 2.05) is 86.6 Å². The molecule has 4 aromatic carbocycles. The lowest BCUT2D eigenvalue weighted by Crippen LogP contribution is -2.41. The van der Waals surface area contributed by atoms with Gasteiger partial charge in [-0.1, -0.05) is 87.0 Å². The Balaban J connectivity index is 1.54. The number of aryl methyl sites for hydroxylation is 1. The third-order valence-electron chi connectivity index (χ3n) is 7.44. The Kier molecular flexibility index (Phi) is 10.3. The van der Waals surface area contributed by atoms with Gasteiger partial charge in [-0.05, 0) is 64.9 Å². The van der Waals surface area contributed by atoms with Crippen molar-refractivity contribution in [3.63, 3.8) is 0 Å². The zero-order valence-corrected chi connectivity index (χ0v) is 23.9. The monoisotopic (exact) mass is 567 g/mol. The number of hydrogen-bond acceptors (Lipinski definition) is 5. The quantitative estimate of drug-likeness (QED) is 0.168. The number of rotatable bonds is 13. The molecule has 0 aliphatic carbocycles. The third-order valence-corrected chi connectivity index (χ3v) is 7.44. The van der Waals surface area contributed by atoms with Crippen LogP contribution in [-0.2, 0) is 22.6 Å². The van der Waals surface area contributed by atoms with Gasteiger partial charge in [0.15, 0.2) is 0 Å². The largest absolute Gasteiger partial charge is 0.487 e. The molecule has 8 heteroatoms. The van der Waals surface area contributed by atoms with Gasteiger partial charge in [0.1, 0.15) is 18.4 Å². The van der Waals surface area contributed by atoms with Crippen LogP contribution in [0.1, 0.15) is 48.2 Å². The molecule has 0 aromatic heterocycles. The average Bonchev–Trinajstić information content (AvgIpc) is 3.01. The van der Waals surface area contributed by atoms with E-state index in [9.17, 15) is 19.5 Å². The van der Waals surface area contributed by atoms with Crippen molar-refractivity contribution in [1.82, 2.24) is 5.32 Å². The van der Waals surface area contributed by atoms with E-state index in [1.54, 1.807) is 6.07 Å². The van der Waals surface area contributed by atoms with Gasteiger partial charge < -0.3 is 26.2 Å². The number of benzene rings is 4. The van der Waals surface area contributed by atoms with E-state index >= 15 is 0 Å². The summed E-state index contributed by atoms with van der Waals surface area (Å²) >= 11 is 0. The molecule has 0 saturated carbocycles. The number of anilines is 1. The third kappa shape index (κ3) is 7.95. The van der Waals surface area contributed by atoms with Gasteiger partial charge in [-0.3, -0.25) is 9.59 Å². The SMILES string of the molecule is CC[C@H](C)[C@H](N)C(=O)Nc1ccc(C(=O)N[C@@H](CCc2ccccc2)C(=O)O)cc1OCc1ccc2ccccc2c1. The highest BCUT2D eigenvalue weighted by molar-refractivity contribution is 6.00. The van der Waals surface area contributed by atoms with Gasteiger partial charge in [-0.25, -0.2) is 4.79 Å². The van der Waals surface area contributed by atoms with Crippen LogP contribution in [0.3, 0.4) is 0 Å². The summed E-state index contributed by atoms with van der Waals surface area (Å²) in [5, 5.41) is 17.4. The Morgan fingerprint density at radius 2 is 1.60 bits per heavy atom. The Morgan fingerprint density at radius 1 is 0.881 bits per heavy atom. The average molecular weight is 568 g/mol. The molecule has 5 N–H and O–H groups in total. The van der Waals surface area contributed by atoms with Crippen molar-refractivity contribution in [2.45, 2.75) is 51.8 Å². The predicted octanol–water partition coefficient (Wildman–Crippen LogP) is 5.55. The fraction of sp³-hybridized carbons (Fsp3) is 0.265. The van der Waals surface area contributed by atoms with Crippen molar-refractivity contribution in [2.75, 3.05) is 5.32 Å². The van der Waals surface area contributed by atoms with Gasteiger partial charge in [-0.15, -0.1) is 0 Å². The number of carboxylic acids is 1. The Labute approximate surface area is 245 Å². The zero-order chi connectivity index (χ0) is 30.1. The van der Waals surface area contributed by atoms with E-state index in [0.29, 0.717) is 12.1 Å². The Morgan fingerprint density at radius 3 is 2.31 bits per heavy atom. The number of nitrogens with two attached hydrogens (primary N) is 1. The molecule has 0 fully saturated rings. The molecule has 0 unspecified atom stereocenters. The molecule has 0 spiro atoms. The molecule has 8 nitrogen and oxygen atoms in total. The van der Waals surface area contributed by atoms with Gasteiger partial charge >= 0.3 is 5.97 Å². The van der Waals surface area contributed by atoms with Crippen LogP contribution in [0.5, 0.6) is 5.75 Å². The molecular weight excluding hydrogens is 530 g/mol. The van der Waals surface area contributed by atoms with Gasteiger partial charge in [0.05, 0.1) is 11.7 Å². The molecule has 0 aliphatic heterocycles. The van der Waals surface area contributed by atoms with E-state index < -0.39 is 24.0 Å². The summed E-state index contributed by atoms with van der Waals surface area (Å²) in [7, 11) is 0. The number of aliphatic carboxylic acids is 1. The van der Waals surface area contributed by atoms with Crippen molar-refractivity contribution in [3.05, 3.63) is 108 Å². The van der Waals surface area contributed by atoms with Crippen LogP contribution in [0.25, 0.3) is 10.8 Å². The maximum Gasteiger partial charge on any atom is 0.326 e. The van der Waals surface area contributed by atoms with Gasteiger partial charge in [-0.2, -0.15) is 0 Å². The molecule has 0 aliphatic rings. The highest BCUT2D eigenvalue weighted by Gasteiger charge is 2.23. The van der Waals surface area contributed by atoms with E-state index in [2.05, 4.69) is 10.6 Å². The highest BCUT2D eigenvalue weighted by Crippen LogP contribution is 2.28. The number of carboxylic acid groups (broad SMARTS) is 1.